The van der Waals surface area contributed by atoms with Gasteiger partial charge in [0.05, 0.1) is 11.8 Å². The molecule has 1 aromatic carbocycles. The molecule has 3 aromatic rings. The van der Waals surface area contributed by atoms with Crippen molar-refractivity contribution in [2.24, 2.45) is 5.92 Å². The summed E-state index contributed by atoms with van der Waals surface area (Å²) in [6, 6.07) is 12.1. The highest BCUT2D eigenvalue weighted by atomic mass is 17.0. The molecule has 2 unspecified atom stereocenters. The Kier molecular flexibility index (Phi) is 26.6. The summed E-state index contributed by atoms with van der Waals surface area (Å²) in [7, 11) is 1.91. The molecule has 0 bridgehead atoms. The molecule has 2 heterocycles. The number of hydrogen-bond donors (Lipinski definition) is 5. The predicted molar refractivity (Wildman–Crippen MR) is 193 cm³/mol. The van der Waals surface area contributed by atoms with Crippen molar-refractivity contribution in [2.75, 3.05) is 25.5 Å². The van der Waals surface area contributed by atoms with Gasteiger partial charge >= 0.3 is 0 Å². The van der Waals surface area contributed by atoms with Gasteiger partial charge in [0, 0.05) is 44.2 Å². The molecule has 8 heteroatoms. The Bertz CT molecular complexity index is 1170. The van der Waals surface area contributed by atoms with Crippen molar-refractivity contribution in [3.05, 3.63) is 114 Å². The Labute approximate surface area is 278 Å². The van der Waals surface area contributed by atoms with Crippen LogP contribution in [0.5, 0.6) is 0 Å². The monoisotopic (exact) mass is 636 g/mol. The number of allylic oxidation sites excluding steroid dienone is 5. The summed E-state index contributed by atoms with van der Waals surface area (Å²) in [6.07, 6.45) is 22.1. The topological polar surface area (TPSA) is 124 Å². The molecule has 0 spiro atoms. The van der Waals surface area contributed by atoms with Gasteiger partial charge in [0.25, 0.3) is 0 Å². The second kappa shape index (κ2) is 28.9. The molecule has 0 fully saturated rings. The van der Waals surface area contributed by atoms with Gasteiger partial charge in [-0.3, -0.25) is 15.5 Å². The molecular weight excluding hydrogens is 576 g/mol. The van der Waals surface area contributed by atoms with Crippen LogP contribution in [0.2, 0.25) is 0 Å². The van der Waals surface area contributed by atoms with Gasteiger partial charge in [-0.2, -0.15) is 0 Å². The van der Waals surface area contributed by atoms with Crippen LogP contribution in [-0.2, 0) is 12.8 Å². The van der Waals surface area contributed by atoms with Gasteiger partial charge in [-0.05, 0) is 74.8 Å². The first-order valence-corrected chi connectivity index (χ1v) is 16.5. The van der Waals surface area contributed by atoms with Crippen molar-refractivity contribution in [3.8, 4) is 0 Å². The maximum absolute atomic E-state index is 9.98. The average molecular weight is 637 g/mol. The highest BCUT2D eigenvalue weighted by Crippen LogP contribution is 2.14. The van der Waals surface area contributed by atoms with Crippen LogP contribution >= 0.6 is 0 Å². The molecule has 46 heavy (non-hydrogen) atoms. The molecule has 5 N–H and O–H groups in total. The van der Waals surface area contributed by atoms with Crippen molar-refractivity contribution in [3.63, 3.8) is 0 Å². The van der Waals surface area contributed by atoms with Crippen molar-refractivity contribution >= 4 is 5.69 Å². The molecule has 0 saturated carbocycles. The molecule has 2 atom stereocenters. The molecule has 0 aliphatic carbocycles. The minimum Gasteiger partial charge on any atom is -0.449 e. The lowest BCUT2D eigenvalue weighted by Gasteiger charge is -2.11. The highest BCUT2D eigenvalue weighted by molar-refractivity contribution is 5.43. The van der Waals surface area contributed by atoms with Gasteiger partial charge in [0.1, 0.15) is 6.26 Å². The highest BCUT2D eigenvalue weighted by Gasteiger charge is 2.06. The van der Waals surface area contributed by atoms with Gasteiger partial charge < -0.3 is 20.2 Å². The Morgan fingerprint density at radius 2 is 1.76 bits per heavy atom. The Hall–Kier alpha value is -3.56. The van der Waals surface area contributed by atoms with Crippen molar-refractivity contribution in [1.82, 2.24) is 15.3 Å². The number of benzene rings is 1. The number of pyridine rings is 1. The van der Waals surface area contributed by atoms with E-state index in [-0.39, 0.29) is 0 Å². The first-order chi connectivity index (χ1) is 22.4. The van der Waals surface area contributed by atoms with E-state index >= 15 is 0 Å². The van der Waals surface area contributed by atoms with Gasteiger partial charge in [-0.25, -0.2) is 4.98 Å². The third-order valence-corrected chi connectivity index (χ3v) is 7.26. The second-order valence-electron chi connectivity index (χ2n) is 11.0. The van der Waals surface area contributed by atoms with E-state index in [9.17, 15) is 5.11 Å². The van der Waals surface area contributed by atoms with E-state index in [1.54, 1.807) is 18.7 Å². The SMILES string of the molecule is C=CC/C=C\C=C(CC)CC.CCCC(C)CCc1coc(C)n1.CNc1ccc(CCNCC(O)c2cccnc2)cc1.OO. The maximum Gasteiger partial charge on any atom is 0.191 e. The first kappa shape index (κ1) is 42.4. The van der Waals surface area contributed by atoms with E-state index in [2.05, 4.69) is 97.4 Å². The summed E-state index contributed by atoms with van der Waals surface area (Å²) in [5.41, 5.74) is 5.85. The summed E-state index contributed by atoms with van der Waals surface area (Å²) in [5, 5.41) is 28.3. The molecule has 0 aliphatic rings. The van der Waals surface area contributed by atoms with E-state index in [4.69, 9.17) is 14.9 Å². The van der Waals surface area contributed by atoms with Crippen molar-refractivity contribution in [1.29, 1.82) is 0 Å². The first-order valence-electron chi connectivity index (χ1n) is 16.5. The lowest BCUT2D eigenvalue weighted by Crippen LogP contribution is -2.23. The number of aliphatic hydroxyl groups excluding tert-OH is 1. The summed E-state index contributed by atoms with van der Waals surface area (Å²) in [5.74, 6) is 1.58. The summed E-state index contributed by atoms with van der Waals surface area (Å²) in [4.78, 5) is 8.28. The third-order valence-electron chi connectivity index (χ3n) is 7.26. The van der Waals surface area contributed by atoms with Gasteiger partial charge in [0.2, 0.25) is 0 Å². The Balaban J connectivity index is 0.000000680. The van der Waals surface area contributed by atoms with Crippen LogP contribution in [0.4, 0.5) is 5.69 Å². The fourth-order valence-corrected chi connectivity index (χ4v) is 4.42. The van der Waals surface area contributed by atoms with Crippen LogP contribution in [0.1, 0.15) is 95.0 Å². The number of nitrogens with zero attached hydrogens (tertiary/aromatic N) is 2. The number of aryl methyl sites for hydroxylation is 2. The second-order valence-corrected chi connectivity index (χ2v) is 11.0. The Morgan fingerprint density at radius 1 is 1.04 bits per heavy atom. The van der Waals surface area contributed by atoms with Crippen molar-refractivity contribution in [2.45, 2.75) is 92.1 Å². The van der Waals surface area contributed by atoms with E-state index in [0.29, 0.717) is 6.54 Å². The summed E-state index contributed by atoms with van der Waals surface area (Å²) >= 11 is 0. The number of nitrogens with one attached hydrogen (secondary N) is 2. The molecule has 256 valence electrons. The quantitative estimate of drug-likeness (QED) is 0.0327. The zero-order valence-corrected chi connectivity index (χ0v) is 29.1. The summed E-state index contributed by atoms with van der Waals surface area (Å²) in [6.45, 7) is 15.8. The van der Waals surface area contributed by atoms with E-state index in [1.165, 1.54) is 30.4 Å². The van der Waals surface area contributed by atoms with Crippen molar-refractivity contribution < 1.29 is 20.0 Å². The predicted octanol–water partition coefficient (Wildman–Crippen LogP) is 9.22. The fraction of sp³-hybridized carbons (Fsp3) is 0.474. The molecule has 0 radical (unpaired) electrons. The van der Waals surface area contributed by atoms with Gasteiger partial charge in [-0.1, -0.05) is 88.6 Å². The minimum atomic E-state index is -0.504. The lowest BCUT2D eigenvalue weighted by molar-refractivity contribution is -0.176. The maximum atomic E-state index is 9.98. The minimum absolute atomic E-state index is 0.504. The van der Waals surface area contributed by atoms with E-state index < -0.39 is 6.10 Å². The lowest BCUT2D eigenvalue weighted by atomic mass is 10.00. The standard InChI is InChI=1S/C16H21N3O.C11H19NO.C11H18.H2O2/c1-17-15-6-4-13(5-7-15)8-10-19-12-16(20)14-3-2-9-18-11-14;1-4-5-9(2)6-7-11-8-13-10(3)12-11;1-4-7-8-9-10-11(5-2)6-3;1-2/h2-7,9,11,16-17,19-20H,8,10,12H2,1H3;8-9H,4-7H2,1-3H3;4,8-10H,1,5-7H2,2-3H3;1-2H/b;;9-8-;. The van der Waals surface area contributed by atoms with Crippen LogP contribution in [0.3, 0.4) is 0 Å². The smallest absolute Gasteiger partial charge is 0.191 e. The largest absolute Gasteiger partial charge is 0.449 e. The van der Waals surface area contributed by atoms with E-state index in [0.717, 1.165) is 67.4 Å². The van der Waals surface area contributed by atoms with Crippen LogP contribution in [0, 0.1) is 12.8 Å². The molecular formula is C38H60N4O4. The molecule has 0 saturated heterocycles. The Morgan fingerprint density at radius 3 is 2.30 bits per heavy atom. The zero-order chi connectivity index (χ0) is 34.4. The molecule has 8 nitrogen and oxygen atoms in total. The van der Waals surface area contributed by atoms with Crippen LogP contribution < -0.4 is 10.6 Å². The molecule has 0 aliphatic heterocycles. The molecule has 2 aromatic heterocycles. The van der Waals surface area contributed by atoms with E-state index in [1.807, 2.05) is 32.2 Å². The normalized spacial score (nSPS) is 11.5. The zero-order valence-electron chi connectivity index (χ0n) is 29.1. The van der Waals surface area contributed by atoms with Crippen LogP contribution in [0.25, 0.3) is 0 Å². The number of aliphatic hydroxyl groups is 1. The number of hydrogen-bond acceptors (Lipinski definition) is 8. The van der Waals surface area contributed by atoms with Crippen LogP contribution in [0.15, 0.2) is 95.9 Å². The van der Waals surface area contributed by atoms with Gasteiger partial charge in [0.15, 0.2) is 5.89 Å². The van der Waals surface area contributed by atoms with Gasteiger partial charge in [-0.15, -0.1) is 6.58 Å². The summed E-state index contributed by atoms with van der Waals surface area (Å²) < 4.78 is 5.15. The number of aromatic nitrogens is 2. The average Bonchev–Trinajstić information content (AvgIpc) is 3.53. The fourth-order valence-electron chi connectivity index (χ4n) is 4.42. The number of anilines is 1. The number of rotatable bonds is 17. The van der Waals surface area contributed by atoms with Crippen LogP contribution in [-0.4, -0.2) is 45.7 Å². The molecule has 3 rings (SSSR count). The third kappa shape index (κ3) is 21.2. The molecule has 0 amide bonds. The number of oxazole rings is 1.